The summed E-state index contributed by atoms with van der Waals surface area (Å²) in [6.07, 6.45) is 7.71. The maximum Gasteiger partial charge on any atom is 0.153 e. The van der Waals surface area contributed by atoms with Crippen molar-refractivity contribution in [3.63, 3.8) is 0 Å². The van der Waals surface area contributed by atoms with Crippen LogP contribution in [-0.4, -0.2) is 60.4 Å². The number of aldehydes is 1. The molecule has 174 valence electrons. The highest BCUT2D eigenvalue weighted by molar-refractivity contribution is 6.33. The maximum atomic E-state index is 11.8. The van der Waals surface area contributed by atoms with Crippen LogP contribution in [0.5, 0.6) is 5.75 Å². The van der Waals surface area contributed by atoms with Gasteiger partial charge in [0.25, 0.3) is 0 Å². The molecule has 1 aliphatic rings. The van der Waals surface area contributed by atoms with E-state index in [0.29, 0.717) is 35.5 Å². The molecule has 2 aromatic carbocycles. The number of ether oxygens (including phenoxy) is 2. The van der Waals surface area contributed by atoms with Gasteiger partial charge in [-0.3, -0.25) is 4.79 Å². The van der Waals surface area contributed by atoms with Crippen LogP contribution in [0.1, 0.15) is 39.9 Å². The van der Waals surface area contributed by atoms with Crippen molar-refractivity contribution in [2.45, 2.75) is 32.3 Å². The molecule has 1 aromatic heterocycles. The van der Waals surface area contributed by atoms with Crippen LogP contribution in [-0.2, 0) is 11.2 Å². The molecule has 1 unspecified atom stereocenters. The second kappa shape index (κ2) is 11.0. The zero-order valence-electron chi connectivity index (χ0n) is 19.2. The van der Waals surface area contributed by atoms with E-state index in [9.17, 15) is 4.79 Å². The molecule has 1 aliphatic heterocycles. The quantitative estimate of drug-likeness (QED) is 0.403. The average Bonchev–Trinajstić information content (AvgIpc) is 3.53. The van der Waals surface area contributed by atoms with Crippen LogP contribution in [0, 0.1) is 6.92 Å². The number of aromatic nitrogens is 2. The van der Waals surface area contributed by atoms with Crippen LogP contribution in [0.2, 0.25) is 5.02 Å². The number of halogens is 1. The fourth-order valence-electron chi connectivity index (χ4n) is 4.16. The van der Waals surface area contributed by atoms with Gasteiger partial charge in [0.15, 0.2) is 6.29 Å². The normalized spacial score (nSPS) is 15.8. The minimum atomic E-state index is 0.305. The van der Waals surface area contributed by atoms with E-state index in [1.54, 1.807) is 6.20 Å². The van der Waals surface area contributed by atoms with E-state index in [1.165, 1.54) is 0 Å². The van der Waals surface area contributed by atoms with Crippen molar-refractivity contribution in [3.8, 4) is 11.4 Å². The summed E-state index contributed by atoms with van der Waals surface area (Å²) in [7, 11) is 2.05. The number of carbonyl (C=O) groups is 1. The first-order valence-corrected chi connectivity index (χ1v) is 11.7. The smallest absolute Gasteiger partial charge is 0.153 e. The SMILES string of the molecule is Cc1c(Cc2ccc(-n3cccn3)cc2)cc(C=O)c(OCCN(C)CC2CCCO2)c1Cl. The molecular weight excluding hydrogens is 438 g/mol. The van der Waals surface area contributed by atoms with Crippen LogP contribution >= 0.6 is 11.6 Å². The Bertz CT molecular complexity index is 1060. The van der Waals surface area contributed by atoms with Gasteiger partial charge in [-0.2, -0.15) is 5.10 Å². The van der Waals surface area contributed by atoms with Gasteiger partial charge in [0.05, 0.1) is 22.4 Å². The number of nitrogens with zero attached hydrogens (tertiary/aromatic N) is 3. The first-order chi connectivity index (χ1) is 16.0. The molecule has 0 aliphatic carbocycles. The van der Waals surface area contributed by atoms with Crippen LogP contribution in [0.4, 0.5) is 0 Å². The Morgan fingerprint density at radius 2 is 2.15 bits per heavy atom. The maximum absolute atomic E-state index is 11.8. The third-order valence-electron chi connectivity index (χ3n) is 6.09. The second-order valence-electron chi connectivity index (χ2n) is 8.55. The van der Waals surface area contributed by atoms with Crippen molar-refractivity contribution in [1.29, 1.82) is 0 Å². The largest absolute Gasteiger partial charge is 0.490 e. The van der Waals surface area contributed by atoms with Gasteiger partial charge >= 0.3 is 0 Å². The number of benzene rings is 2. The van der Waals surface area contributed by atoms with E-state index in [1.807, 2.05) is 42.1 Å². The highest BCUT2D eigenvalue weighted by atomic mass is 35.5. The standard InChI is InChI=1S/C26H30ClN3O3/c1-19-21(15-20-6-8-23(9-7-20)30-11-4-10-28-30)16-22(18-31)26(25(19)27)33-14-12-29(2)17-24-5-3-13-32-24/h4,6-11,16,18,24H,3,5,12-15,17H2,1-2H3. The molecule has 0 radical (unpaired) electrons. The van der Waals surface area contributed by atoms with E-state index in [0.717, 1.165) is 61.2 Å². The molecule has 0 N–H and O–H groups in total. The van der Waals surface area contributed by atoms with Gasteiger partial charge in [-0.15, -0.1) is 0 Å². The van der Waals surface area contributed by atoms with E-state index < -0.39 is 0 Å². The summed E-state index contributed by atoms with van der Waals surface area (Å²) in [5.74, 6) is 0.465. The highest BCUT2D eigenvalue weighted by Gasteiger charge is 2.19. The summed E-state index contributed by atoms with van der Waals surface area (Å²) in [4.78, 5) is 14.0. The number of carbonyl (C=O) groups excluding carboxylic acids is 1. The van der Waals surface area contributed by atoms with E-state index in [-0.39, 0.29) is 0 Å². The fourth-order valence-corrected chi connectivity index (χ4v) is 4.44. The highest BCUT2D eigenvalue weighted by Crippen LogP contribution is 2.34. The summed E-state index contributed by atoms with van der Waals surface area (Å²) < 4.78 is 13.5. The van der Waals surface area contributed by atoms with Crippen LogP contribution in [0.3, 0.4) is 0 Å². The van der Waals surface area contributed by atoms with E-state index in [4.69, 9.17) is 21.1 Å². The third kappa shape index (κ3) is 5.82. The number of hydrogen-bond acceptors (Lipinski definition) is 5. The molecule has 4 rings (SSSR count). The summed E-state index contributed by atoms with van der Waals surface area (Å²) in [6, 6.07) is 12.0. The molecule has 0 amide bonds. The van der Waals surface area contributed by atoms with Crippen molar-refractivity contribution in [3.05, 3.63) is 76.1 Å². The number of hydrogen-bond donors (Lipinski definition) is 0. The molecule has 3 aromatic rings. The fraction of sp³-hybridized carbons (Fsp3) is 0.385. The Morgan fingerprint density at radius 3 is 2.82 bits per heavy atom. The lowest BCUT2D eigenvalue weighted by Gasteiger charge is -2.21. The van der Waals surface area contributed by atoms with Gasteiger partial charge in [0, 0.05) is 32.1 Å². The molecule has 6 nitrogen and oxygen atoms in total. The average molecular weight is 468 g/mol. The number of rotatable bonds is 10. The molecule has 1 saturated heterocycles. The van der Waals surface area contributed by atoms with Gasteiger partial charge in [0.2, 0.25) is 0 Å². The van der Waals surface area contributed by atoms with Crippen molar-refractivity contribution in [2.75, 3.05) is 33.4 Å². The lowest BCUT2D eigenvalue weighted by atomic mass is 9.97. The van der Waals surface area contributed by atoms with Gasteiger partial charge < -0.3 is 14.4 Å². The minimum Gasteiger partial charge on any atom is -0.490 e. The third-order valence-corrected chi connectivity index (χ3v) is 6.54. The zero-order chi connectivity index (χ0) is 23.2. The van der Waals surface area contributed by atoms with Gasteiger partial charge in [-0.05, 0) is 74.2 Å². The van der Waals surface area contributed by atoms with E-state index >= 15 is 0 Å². The van der Waals surface area contributed by atoms with Crippen molar-refractivity contribution in [2.24, 2.45) is 0 Å². The van der Waals surface area contributed by atoms with Crippen LogP contribution in [0.25, 0.3) is 5.69 Å². The molecule has 1 atom stereocenters. The molecule has 1 fully saturated rings. The van der Waals surface area contributed by atoms with Gasteiger partial charge in [-0.25, -0.2) is 4.68 Å². The Kier molecular flexibility index (Phi) is 7.81. The summed E-state index contributed by atoms with van der Waals surface area (Å²) >= 11 is 6.67. The summed E-state index contributed by atoms with van der Waals surface area (Å²) in [6.45, 7) is 4.90. The van der Waals surface area contributed by atoms with Gasteiger partial charge in [0.1, 0.15) is 12.4 Å². The number of likely N-dealkylation sites (N-methyl/N-ethyl adjacent to an activating group) is 1. The lowest BCUT2D eigenvalue weighted by molar-refractivity contribution is 0.0771. The summed E-state index contributed by atoms with van der Waals surface area (Å²) in [5.41, 5.74) is 4.56. The second-order valence-corrected chi connectivity index (χ2v) is 8.93. The Balaban J connectivity index is 1.41. The molecule has 0 spiro atoms. The molecule has 0 bridgehead atoms. The monoisotopic (exact) mass is 467 g/mol. The molecule has 7 heteroatoms. The van der Waals surface area contributed by atoms with Crippen molar-refractivity contribution >= 4 is 17.9 Å². The predicted molar refractivity (Wildman–Crippen MR) is 130 cm³/mol. The molecule has 0 saturated carbocycles. The first kappa shape index (κ1) is 23.5. The topological polar surface area (TPSA) is 56.6 Å². The van der Waals surface area contributed by atoms with E-state index in [2.05, 4.69) is 29.2 Å². The van der Waals surface area contributed by atoms with Crippen LogP contribution in [0.15, 0.2) is 48.8 Å². The minimum absolute atomic E-state index is 0.305. The zero-order valence-corrected chi connectivity index (χ0v) is 19.9. The predicted octanol–water partition coefficient (Wildman–Crippen LogP) is 4.73. The molecular formula is C26H30ClN3O3. The Labute approximate surface area is 200 Å². The van der Waals surface area contributed by atoms with Crippen molar-refractivity contribution < 1.29 is 14.3 Å². The Morgan fingerprint density at radius 1 is 1.33 bits per heavy atom. The molecule has 33 heavy (non-hydrogen) atoms. The van der Waals surface area contributed by atoms with Crippen LogP contribution < -0.4 is 4.74 Å². The summed E-state index contributed by atoms with van der Waals surface area (Å²) in [5, 5.41) is 4.76. The van der Waals surface area contributed by atoms with Gasteiger partial charge in [-0.1, -0.05) is 23.7 Å². The Hall–Kier alpha value is -2.67. The first-order valence-electron chi connectivity index (χ1n) is 11.3. The molecule has 2 heterocycles. The lowest BCUT2D eigenvalue weighted by Crippen LogP contribution is -2.32. The van der Waals surface area contributed by atoms with Crippen molar-refractivity contribution in [1.82, 2.24) is 14.7 Å².